The van der Waals surface area contributed by atoms with Crippen molar-refractivity contribution in [3.8, 4) is 0 Å². The fourth-order valence-electron chi connectivity index (χ4n) is 3.65. The van der Waals surface area contributed by atoms with Gasteiger partial charge in [0, 0.05) is 24.7 Å². The Balaban J connectivity index is 1.49. The van der Waals surface area contributed by atoms with Crippen LogP contribution < -0.4 is 10.6 Å². The molecule has 0 unspecified atom stereocenters. The van der Waals surface area contributed by atoms with Crippen LogP contribution in [0.15, 0.2) is 23.4 Å². The number of aryl methyl sites for hydroxylation is 2. The lowest BCUT2D eigenvalue weighted by Crippen LogP contribution is -2.30. The van der Waals surface area contributed by atoms with Crippen molar-refractivity contribution in [3.63, 3.8) is 0 Å². The molecule has 0 radical (unpaired) electrons. The predicted molar refractivity (Wildman–Crippen MR) is 118 cm³/mol. The Morgan fingerprint density at radius 3 is 2.78 bits per heavy atom. The van der Waals surface area contributed by atoms with Crippen LogP contribution in [-0.4, -0.2) is 32.7 Å². The molecule has 2 aromatic rings. The van der Waals surface area contributed by atoms with Gasteiger partial charge in [0.15, 0.2) is 10.3 Å². The third kappa shape index (κ3) is 5.02. The minimum absolute atomic E-state index is 0.581. The summed E-state index contributed by atoms with van der Waals surface area (Å²) in [4.78, 5) is 0. The number of anilines is 1. The Morgan fingerprint density at radius 1 is 1.26 bits per heavy atom. The summed E-state index contributed by atoms with van der Waals surface area (Å²) in [5.41, 5.74) is 3.56. The van der Waals surface area contributed by atoms with E-state index in [9.17, 15) is 0 Å². The van der Waals surface area contributed by atoms with E-state index in [1.165, 1.54) is 36.8 Å². The monoisotopic (exact) mass is 403 g/mol. The maximum absolute atomic E-state index is 5.45. The molecule has 146 valence electrons. The van der Waals surface area contributed by atoms with E-state index in [2.05, 4.69) is 57.6 Å². The molecule has 27 heavy (non-hydrogen) atoms. The molecular weight excluding hydrogens is 374 g/mol. The van der Waals surface area contributed by atoms with Crippen LogP contribution in [0.4, 0.5) is 5.69 Å². The molecule has 0 aliphatic heterocycles. The van der Waals surface area contributed by atoms with Gasteiger partial charge >= 0.3 is 0 Å². The second kappa shape index (κ2) is 9.55. The second-order valence-corrected chi connectivity index (χ2v) is 8.32. The van der Waals surface area contributed by atoms with Crippen molar-refractivity contribution in [2.45, 2.75) is 63.6 Å². The average molecular weight is 404 g/mol. The summed E-state index contributed by atoms with van der Waals surface area (Å²) in [6.45, 7) is 5.04. The largest absolute Gasteiger partial charge is 0.362 e. The van der Waals surface area contributed by atoms with Gasteiger partial charge in [-0.15, -0.1) is 10.2 Å². The molecule has 0 bridgehead atoms. The van der Waals surface area contributed by atoms with E-state index in [4.69, 9.17) is 12.2 Å². The quantitative estimate of drug-likeness (QED) is 0.399. The fourth-order valence-corrected chi connectivity index (χ4v) is 4.43. The van der Waals surface area contributed by atoms with Gasteiger partial charge in [0.1, 0.15) is 5.82 Å². The topological polar surface area (TPSA) is 54.8 Å². The first-order valence-electron chi connectivity index (χ1n) is 9.69. The Morgan fingerprint density at radius 2 is 2.04 bits per heavy atom. The summed E-state index contributed by atoms with van der Waals surface area (Å²) >= 11 is 7.14. The highest BCUT2D eigenvalue weighted by atomic mass is 32.2. The van der Waals surface area contributed by atoms with E-state index in [0.717, 1.165) is 36.1 Å². The molecule has 1 aliphatic carbocycles. The van der Waals surface area contributed by atoms with Crippen molar-refractivity contribution in [3.05, 3.63) is 35.2 Å². The number of benzene rings is 1. The Bertz CT molecular complexity index is 781. The fraction of sp³-hybridized carbons (Fsp3) is 0.550. The summed E-state index contributed by atoms with van der Waals surface area (Å²) in [6.07, 6.45) is 9.11. The first kappa shape index (κ1) is 20.1. The lowest BCUT2D eigenvalue weighted by atomic mass is 10.1. The first-order chi connectivity index (χ1) is 13.1. The van der Waals surface area contributed by atoms with Crippen LogP contribution >= 0.6 is 24.0 Å². The third-order valence-corrected chi connectivity index (χ3v) is 6.21. The van der Waals surface area contributed by atoms with Gasteiger partial charge in [-0.25, -0.2) is 0 Å². The lowest BCUT2D eigenvalue weighted by molar-refractivity contribution is 0.460. The summed E-state index contributed by atoms with van der Waals surface area (Å²) in [6, 6.07) is 6.80. The number of hydrogen-bond acceptors (Lipinski definition) is 4. The highest BCUT2D eigenvalue weighted by molar-refractivity contribution is 7.98. The van der Waals surface area contributed by atoms with Crippen molar-refractivity contribution >= 4 is 34.8 Å². The van der Waals surface area contributed by atoms with Crippen molar-refractivity contribution in [2.24, 2.45) is 0 Å². The van der Waals surface area contributed by atoms with Crippen molar-refractivity contribution < 1.29 is 0 Å². The van der Waals surface area contributed by atoms with Gasteiger partial charge in [-0.2, -0.15) is 0 Å². The number of rotatable bonds is 7. The Kier molecular flexibility index (Phi) is 7.13. The summed E-state index contributed by atoms with van der Waals surface area (Å²) in [5, 5.41) is 17.2. The standard InChI is InChI=1S/C20H29N5S2/c1-14-8-6-11-17(15(14)2)22-19(26)21-13-7-12-18-23-24-20(27-3)25(18)16-9-4-5-10-16/h6,8,11,16H,4-5,7,9-10,12-13H2,1-3H3,(H2,21,22,26). The normalized spacial score (nSPS) is 14.5. The van der Waals surface area contributed by atoms with Gasteiger partial charge in [0.25, 0.3) is 0 Å². The van der Waals surface area contributed by atoms with E-state index < -0.39 is 0 Å². The molecule has 1 aliphatic rings. The van der Waals surface area contributed by atoms with E-state index in [1.54, 1.807) is 11.8 Å². The van der Waals surface area contributed by atoms with Crippen molar-refractivity contribution in [2.75, 3.05) is 18.1 Å². The highest BCUT2D eigenvalue weighted by Crippen LogP contribution is 2.33. The number of nitrogens with zero attached hydrogens (tertiary/aromatic N) is 3. The summed E-state index contributed by atoms with van der Waals surface area (Å²) < 4.78 is 2.38. The van der Waals surface area contributed by atoms with E-state index in [0.29, 0.717) is 11.2 Å². The number of hydrogen-bond donors (Lipinski definition) is 2. The van der Waals surface area contributed by atoms with Crippen LogP contribution in [0.2, 0.25) is 0 Å². The summed E-state index contributed by atoms with van der Waals surface area (Å²) in [7, 11) is 0. The molecule has 3 rings (SSSR count). The molecule has 1 saturated carbocycles. The number of thioether (sulfide) groups is 1. The zero-order valence-electron chi connectivity index (χ0n) is 16.4. The van der Waals surface area contributed by atoms with Gasteiger partial charge < -0.3 is 15.2 Å². The molecule has 2 N–H and O–H groups in total. The maximum Gasteiger partial charge on any atom is 0.191 e. The van der Waals surface area contributed by atoms with E-state index in [-0.39, 0.29) is 0 Å². The van der Waals surface area contributed by atoms with Crippen LogP contribution in [0.25, 0.3) is 0 Å². The molecule has 0 spiro atoms. The number of aromatic nitrogens is 3. The predicted octanol–water partition coefficient (Wildman–Crippen LogP) is 4.65. The molecule has 1 aromatic heterocycles. The molecule has 1 heterocycles. The minimum atomic E-state index is 0.581. The van der Waals surface area contributed by atoms with Crippen LogP contribution in [0, 0.1) is 13.8 Å². The van der Waals surface area contributed by atoms with Gasteiger partial charge in [-0.05, 0) is 68.8 Å². The third-order valence-electron chi connectivity index (χ3n) is 5.32. The molecule has 0 amide bonds. The Hall–Kier alpha value is -1.60. The minimum Gasteiger partial charge on any atom is -0.362 e. The molecule has 0 atom stereocenters. The van der Waals surface area contributed by atoms with Crippen molar-refractivity contribution in [1.82, 2.24) is 20.1 Å². The Labute approximate surface area is 171 Å². The summed E-state index contributed by atoms with van der Waals surface area (Å²) in [5.74, 6) is 1.11. The van der Waals surface area contributed by atoms with Crippen LogP contribution in [-0.2, 0) is 6.42 Å². The zero-order valence-corrected chi connectivity index (χ0v) is 18.1. The number of thiocarbonyl (C=S) groups is 1. The molecule has 5 nitrogen and oxygen atoms in total. The molecule has 1 aromatic carbocycles. The van der Waals surface area contributed by atoms with Crippen LogP contribution in [0.5, 0.6) is 0 Å². The lowest BCUT2D eigenvalue weighted by Gasteiger charge is -2.16. The molecular formula is C20H29N5S2. The SMILES string of the molecule is CSc1nnc(CCCNC(=S)Nc2cccc(C)c2C)n1C1CCCC1. The van der Waals surface area contributed by atoms with Crippen molar-refractivity contribution in [1.29, 1.82) is 0 Å². The second-order valence-electron chi connectivity index (χ2n) is 7.14. The highest BCUT2D eigenvalue weighted by Gasteiger charge is 2.23. The zero-order chi connectivity index (χ0) is 19.2. The first-order valence-corrected chi connectivity index (χ1v) is 11.3. The van der Waals surface area contributed by atoms with Crippen LogP contribution in [0.3, 0.4) is 0 Å². The van der Waals surface area contributed by atoms with Gasteiger partial charge in [0.2, 0.25) is 0 Å². The van der Waals surface area contributed by atoms with Gasteiger partial charge in [-0.1, -0.05) is 36.7 Å². The van der Waals surface area contributed by atoms with Crippen LogP contribution in [0.1, 0.15) is 55.1 Å². The van der Waals surface area contributed by atoms with E-state index >= 15 is 0 Å². The molecule has 7 heteroatoms. The van der Waals surface area contributed by atoms with Gasteiger partial charge in [0.05, 0.1) is 0 Å². The smallest absolute Gasteiger partial charge is 0.191 e. The number of nitrogens with one attached hydrogen (secondary N) is 2. The van der Waals surface area contributed by atoms with Gasteiger partial charge in [-0.3, -0.25) is 0 Å². The maximum atomic E-state index is 5.45. The molecule has 1 fully saturated rings. The molecule has 0 saturated heterocycles. The average Bonchev–Trinajstić information content (AvgIpc) is 3.31. The van der Waals surface area contributed by atoms with E-state index in [1.807, 2.05) is 6.07 Å².